The molecule has 0 aliphatic rings. The predicted octanol–water partition coefficient (Wildman–Crippen LogP) is 0.653. The summed E-state index contributed by atoms with van der Waals surface area (Å²) in [6, 6.07) is 0. The summed E-state index contributed by atoms with van der Waals surface area (Å²) in [5.74, 6) is 0.245. The lowest BCUT2D eigenvalue weighted by Crippen LogP contribution is -2.14. The second-order valence-corrected chi connectivity index (χ2v) is 2.37. The summed E-state index contributed by atoms with van der Waals surface area (Å²) in [4.78, 5) is 19.9. The van der Waals surface area contributed by atoms with Crippen LogP contribution in [0.25, 0.3) is 0 Å². The van der Waals surface area contributed by atoms with E-state index in [1.54, 1.807) is 14.0 Å². The van der Waals surface area contributed by atoms with Crippen molar-refractivity contribution in [3.8, 4) is 0 Å². The quantitative estimate of drug-likeness (QED) is 0.709. The SMILES string of the molecule is C.CNCC(C)=O.COCC(C)=O. The van der Waals surface area contributed by atoms with E-state index in [2.05, 4.69) is 10.1 Å². The Kier molecular flexibility index (Phi) is 19.3. The van der Waals surface area contributed by atoms with Crippen molar-refractivity contribution in [3.63, 3.8) is 0 Å². The lowest BCUT2D eigenvalue weighted by Gasteiger charge is -1.85. The first-order chi connectivity index (χ1) is 5.54. The minimum Gasteiger partial charge on any atom is -0.377 e. The second-order valence-electron chi connectivity index (χ2n) is 2.37. The van der Waals surface area contributed by atoms with Gasteiger partial charge in [-0.05, 0) is 20.9 Å². The van der Waals surface area contributed by atoms with E-state index in [1.807, 2.05) is 0 Å². The number of hydrogen-bond donors (Lipinski definition) is 1. The minimum absolute atomic E-state index is 0. The summed E-state index contributed by atoms with van der Waals surface area (Å²) < 4.78 is 4.45. The summed E-state index contributed by atoms with van der Waals surface area (Å²) >= 11 is 0. The molecular weight excluding hydrogens is 170 g/mol. The van der Waals surface area contributed by atoms with Crippen molar-refractivity contribution in [1.29, 1.82) is 0 Å². The van der Waals surface area contributed by atoms with Gasteiger partial charge in [-0.2, -0.15) is 0 Å². The van der Waals surface area contributed by atoms with Crippen LogP contribution in [0.15, 0.2) is 0 Å². The summed E-state index contributed by atoms with van der Waals surface area (Å²) in [6.45, 7) is 3.76. The zero-order chi connectivity index (χ0) is 9.98. The molecule has 0 saturated carbocycles. The lowest BCUT2D eigenvalue weighted by molar-refractivity contribution is -0.120. The Morgan fingerprint density at radius 3 is 1.69 bits per heavy atom. The Morgan fingerprint density at radius 2 is 1.69 bits per heavy atom. The fourth-order valence-corrected chi connectivity index (χ4v) is 0.452. The number of ketones is 2. The normalized spacial score (nSPS) is 7.69. The smallest absolute Gasteiger partial charge is 0.155 e. The van der Waals surface area contributed by atoms with Crippen molar-refractivity contribution in [2.24, 2.45) is 0 Å². The van der Waals surface area contributed by atoms with E-state index in [0.29, 0.717) is 6.54 Å². The van der Waals surface area contributed by atoms with Crippen LogP contribution in [-0.2, 0) is 14.3 Å². The van der Waals surface area contributed by atoms with Crippen molar-refractivity contribution >= 4 is 11.6 Å². The van der Waals surface area contributed by atoms with E-state index in [9.17, 15) is 9.59 Å². The zero-order valence-corrected chi connectivity index (χ0v) is 8.14. The third kappa shape index (κ3) is 34.9. The van der Waals surface area contributed by atoms with Gasteiger partial charge in [-0.1, -0.05) is 7.43 Å². The van der Waals surface area contributed by atoms with Gasteiger partial charge in [-0.25, -0.2) is 0 Å². The van der Waals surface area contributed by atoms with Gasteiger partial charge in [0.1, 0.15) is 12.4 Å². The molecule has 13 heavy (non-hydrogen) atoms. The van der Waals surface area contributed by atoms with Gasteiger partial charge in [0.15, 0.2) is 5.78 Å². The molecule has 0 aromatic rings. The van der Waals surface area contributed by atoms with Crippen molar-refractivity contribution in [2.75, 3.05) is 27.3 Å². The Labute approximate surface area is 80.7 Å². The zero-order valence-electron chi connectivity index (χ0n) is 8.14. The number of Topliss-reactive ketones (excluding diaryl/α,β-unsaturated/α-hetero) is 2. The van der Waals surface area contributed by atoms with Crippen LogP contribution < -0.4 is 5.32 Å². The molecule has 0 atom stereocenters. The summed E-state index contributed by atoms with van der Waals surface area (Å²) in [5, 5.41) is 2.72. The van der Waals surface area contributed by atoms with Crippen molar-refractivity contribution in [1.82, 2.24) is 5.32 Å². The standard InChI is InChI=1S/C4H9NO.C4H8O2.CH4/c1-4(6)3-5-2;1-4(5)3-6-2;/h5H,3H2,1-2H3;3H2,1-2H3;1H4. The molecule has 0 aromatic heterocycles. The van der Waals surface area contributed by atoms with Crippen LogP contribution in [0.4, 0.5) is 0 Å². The van der Waals surface area contributed by atoms with Gasteiger partial charge >= 0.3 is 0 Å². The molecule has 0 fully saturated rings. The third-order valence-corrected chi connectivity index (χ3v) is 0.773. The van der Waals surface area contributed by atoms with Gasteiger partial charge < -0.3 is 10.1 Å². The van der Waals surface area contributed by atoms with Crippen LogP contribution in [0.3, 0.4) is 0 Å². The van der Waals surface area contributed by atoms with E-state index in [1.165, 1.54) is 14.0 Å². The summed E-state index contributed by atoms with van der Waals surface area (Å²) in [6.07, 6.45) is 0. The van der Waals surface area contributed by atoms with Crippen LogP contribution in [0.2, 0.25) is 0 Å². The molecule has 1 N–H and O–H groups in total. The molecule has 0 spiro atoms. The highest BCUT2D eigenvalue weighted by Gasteiger charge is 1.83. The minimum atomic E-state index is 0. The van der Waals surface area contributed by atoms with Crippen molar-refractivity contribution in [3.05, 3.63) is 0 Å². The van der Waals surface area contributed by atoms with Crippen molar-refractivity contribution in [2.45, 2.75) is 21.3 Å². The molecule has 0 heterocycles. The average Bonchev–Trinajstić information content (AvgIpc) is 1.87. The molecule has 0 amide bonds. The molecule has 4 nitrogen and oxygen atoms in total. The maximum atomic E-state index is 9.98. The Balaban J connectivity index is -0.000000143. The Morgan fingerprint density at radius 1 is 1.23 bits per heavy atom. The van der Waals surface area contributed by atoms with Gasteiger partial charge in [-0.3, -0.25) is 9.59 Å². The summed E-state index contributed by atoms with van der Waals surface area (Å²) in [5.41, 5.74) is 0. The molecule has 0 bridgehead atoms. The number of nitrogens with one attached hydrogen (secondary N) is 1. The highest BCUT2D eigenvalue weighted by Crippen LogP contribution is 1.66. The van der Waals surface area contributed by atoms with E-state index in [4.69, 9.17) is 0 Å². The predicted molar refractivity (Wildman–Crippen MR) is 53.9 cm³/mol. The molecule has 80 valence electrons. The number of carbonyl (C=O) groups is 2. The summed E-state index contributed by atoms with van der Waals surface area (Å²) in [7, 11) is 3.25. The highest BCUT2D eigenvalue weighted by atomic mass is 16.5. The molecule has 0 saturated heterocycles. The Bertz CT molecular complexity index is 119. The number of likely N-dealkylation sites (N-methyl/N-ethyl adjacent to an activating group) is 1. The third-order valence-electron chi connectivity index (χ3n) is 0.773. The number of methoxy groups -OCH3 is 1. The maximum Gasteiger partial charge on any atom is 0.155 e. The lowest BCUT2D eigenvalue weighted by atomic mass is 10.5. The number of carbonyl (C=O) groups excluding carboxylic acids is 2. The number of ether oxygens (including phenoxy) is 1. The van der Waals surface area contributed by atoms with Crippen LogP contribution in [-0.4, -0.2) is 38.9 Å². The molecule has 0 unspecified atom stereocenters. The van der Waals surface area contributed by atoms with E-state index >= 15 is 0 Å². The van der Waals surface area contributed by atoms with Crippen LogP contribution >= 0.6 is 0 Å². The first-order valence-corrected chi connectivity index (χ1v) is 3.67. The maximum absolute atomic E-state index is 9.98. The van der Waals surface area contributed by atoms with Gasteiger partial charge in [0, 0.05) is 7.11 Å². The Hall–Kier alpha value is -0.740. The fourth-order valence-electron chi connectivity index (χ4n) is 0.452. The van der Waals surface area contributed by atoms with Gasteiger partial charge in [0.2, 0.25) is 0 Å². The topological polar surface area (TPSA) is 55.4 Å². The number of hydrogen-bond acceptors (Lipinski definition) is 4. The molecule has 0 aliphatic heterocycles. The van der Waals surface area contributed by atoms with Crippen molar-refractivity contribution < 1.29 is 14.3 Å². The highest BCUT2D eigenvalue weighted by molar-refractivity contribution is 5.77. The van der Waals surface area contributed by atoms with E-state index in [-0.39, 0.29) is 25.6 Å². The van der Waals surface area contributed by atoms with Gasteiger partial charge in [-0.15, -0.1) is 0 Å². The molecule has 0 rings (SSSR count). The van der Waals surface area contributed by atoms with E-state index in [0.717, 1.165) is 0 Å². The fraction of sp³-hybridized carbons (Fsp3) is 0.778. The van der Waals surface area contributed by atoms with Gasteiger partial charge in [0.05, 0.1) is 6.54 Å². The monoisotopic (exact) mass is 191 g/mol. The number of rotatable bonds is 4. The van der Waals surface area contributed by atoms with Crippen LogP contribution in [0.5, 0.6) is 0 Å². The average molecular weight is 191 g/mol. The first kappa shape index (κ1) is 18.1. The molecule has 4 heteroatoms. The van der Waals surface area contributed by atoms with E-state index < -0.39 is 0 Å². The van der Waals surface area contributed by atoms with Crippen LogP contribution in [0, 0.1) is 0 Å². The molecule has 0 radical (unpaired) electrons. The first-order valence-electron chi connectivity index (χ1n) is 3.67. The van der Waals surface area contributed by atoms with Crippen LogP contribution in [0.1, 0.15) is 21.3 Å². The largest absolute Gasteiger partial charge is 0.377 e. The molecular formula is C9H21NO3. The second kappa shape index (κ2) is 13.8. The molecule has 0 aliphatic carbocycles. The molecule has 0 aromatic carbocycles. The van der Waals surface area contributed by atoms with Gasteiger partial charge in [0.25, 0.3) is 0 Å².